The van der Waals surface area contributed by atoms with E-state index < -0.39 is 11.9 Å². The van der Waals surface area contributed by atoms with E-state index in [1.807, 2.05) is 48.5 Å². The highest BCUT2D eigenvalue weighted by Gasteiger charge is 2.15. The third-order valence-corrected chi connectivity index (χ3v) is 5.44. The summed E-state index contributed by atoms with van der Waals surface area (Å²) >= 11 is 6.73. The van der Waals surface area contributed by atoms with E-state index in [0.29, 0.717) is 11.4 Å². The third kappa shape index (κ3) is 6.58. The number of carbonyl (C=O) groups excluding carboxylic acids is 2. The Morgan fingerprint density at radius 3 is 1.69 bits per heavy atom. The van der Waals surface area contributed by atoms with Gasteiger partial charge in [-0.05, 0) is 24.3 Å². The van der Waals surface area contributed by atoms with E-state index in [9.17, 15) is 9.59 Å². The zero-order valence-corrected chi connectivity index (χ0v) is 21.4. The molecule has 0 fully saturated rings. The van der Waals surface area contributed by atoms with Crippen molar-refractivity contribution in [1.82, 2.24) is 19.9 Å². The predicted molar refractivity (Wildman–Crippen MR) is 139 cm³/mol. The maximum absolute atomic E-state index is 11.5. The van der Waals surface area contributed by atoms with Crippen LogP contribution in [0.25, 0.3) is 22.5 Å². The Hall–Kier alpha value is -3.90. The number of primary amides is 1. The summed E-state index contributed by atoms with van der Waals surface area (Å²) in [6.07, 6.45) is 3.02. The Morgan fingerprint density at radius 1 is 0.800 bits per heavy atom. The summed E-state index contributed by atoms with van der Waals surface area (Å²) in [5.41, 5.74) is 19.1. The van der Waals surface area contributed by atoms with Gasteiger partial charge in [0.15, 0.2) is 23.0 Å². The number of rotatable bonds is 4. The van der Waals surface area contributed by atoms with E-state index in [2.05, 4.69) is 56.5 Å². The van der Waals surface area contributed by atoms with Crippen molar-refractivity contribution >= 4 is 55.4 Å². The van der Waals surface area contributed by atoms with Crippen LogP contribution in [0.5, 0.6) is 0 Å². The van der Waals surface area contributed by atoms with Gasteiger partial charge in [0.25, 0.3) is 5.91 Å². The third-order valence-electron chi connectivity index (χ3n) is 4.45. The number of esters is 1. The van der Waals surface area contributed by atoms with Crippen LogP contribution in [0.4, 0.5) is 11.6 Å². The second kappa shape index (κ2) is 11.5. The lowest BCUT2D eigenvalue weighted by atomic mass is 10.1. The fourth-order valence-corrected chi connectivity index (χ4v) is 3.60. The van der Waals surface area contributed by atoms with Crippen molar-refractivity contribution in [2.75, 3.05) is 18.6 Å². The van der Waals surface area contributed by atoms with Crippen LogP contribution in [0.2, 0.25) is 0 Å². The largest absolute Gasteiger partial charge is 0.464 e. The maximum Gasteiger partial charge on any atom is 0.360 e. The number of carbonyl (C=O) groups is 2. The number of hydrogen-bond donors (Lipinski definition) is 3. The Kier molecular flexibility index (Phi) is 8.44. The van der Waals surface area contributed by atoms with Crippen molar-refractivity contribution in [2.45, 2.75) is 0 Å². The highest BCUT2D eigenvalue weighted by Crippen LogP contribution is 2.23. The molecule has 2 aromatic carbocycles. The number of ether oxygens (including phenoxy) is 1. The van der Waals surface area contributed by atoms with E-state index in [1.165, 1.54) is 19.5 Å². The molecule has 4 aromatic rings. The molecule has 0 aliphatic heterocycles. The molecule has 4 rings (SSSR count). The highest BCUT2D eigenvalue weighted by molar-refractivity contribution is 9.10. The Labute approximate surface area is 217 Å². The van der Waals surface area contributed by atoms with E-state index in [4.69, 9.17) is 17.2 Å². The molecule has 0 unspecified atom stereocenters. The van der Waals surface area contributed by atoms with Gasteiger partial charge in [0.1, 0.15) is 0 Å². The van der Waals surface area contributed by atoms with Gasteiger partial charge in [-0.3, -0.25) is 4.79 Å². The second-order valence-corrected chi connectivity index (χ2v) is 8.69. The van der Waals surface area contributed by atoms with Crippen LogP contribution < -0.4 is 17.2 Å². The standard InChI is InChI=1S/C12H10BrN3O2.C11H9BrN4O/c1-18-12(17)10-11(14)15-6-9(16-10)7-3-2-4-8(13)5-7;12-7-3-1-2-6(4-7)8-5-15-10(13)9(16-8)11(14)17/h2-6H,1H3,(H2,14,15);1-5H,(H2,13,15)(H2,14,17). The lowest BCUT2D eigenvalue weighted by molar-refractivity contribution is 0.0595. The number of nitrogens with zero attached hydrogens (tertiary/aromatic N) is 4. The van der Waals surface area contributed by atoms with Crippen LogP contribution >= 0.6 is 31.9 Å². The number of benzene rings is 2. The Morgan fingerprint density at radius 2 is 1.26 bits per heavy atom. The fraction of sp³-hybridized carbons (Fsp3) is 0.0435. The molecule has 0 atom stereocenters. The van der Waals surface area contributed by atoms with Crippen molar-refractivity contribution in [3.8, 4) is 22.5 Å². The molecule has 0 bridgehead atoms. The van der Waals surface area contributed by atoms with Crippen molar-refractivity contribution in [1.29, 1.82) is 0 Å². The van der Waals surface area contributed by atoms with E-state index in [1.54, 1.807) is 0 Å². The predicted octanol–water partition coefficient (Wildman–Crippen LogP) is 3.86. The molecule has 178 valence electrons. The van der Waals surface area contributed by atoms with Gasteiger partial charge in [-0.1, -0.05) is 56.1 Å². The van der Waals surface area contributed by atoms with Crippen molar-refractivity contribution in [3.63, 3.8) is 0 Å². The number of nitrogen functional groups attached to an aromatic ring is 2. The molecule has 0 saturated carbocycles. The van der Waals surface area contributed by atoms with Crippen LogP contribution in [0.1, 0.15) is 21.0 Å². The summed E-state index contributed by atoms with van der Waals surface area (Å²) in [6.45, 7) is 0. The van der Waals surface area contributed by atoms with Gasteiger partial charge in [0.2, 0.25) is 0 Å². The summed E-state index contributed by atoms with van der Waals surface area (Å²) in [7, 11) is 1.27. The summed E-state index contributed by atoms with van der Waals surface area (Å²) in [6, 6.07) is 15.0. The summed E-state index contributed by atoms with van der Waals surface area (Å²) in [4.78, 5) is 38.7. The molecule has 0 saturated heterocycles. The van der Waals surface area contributed by atoms with Crippen LogP contribution in [-0.4, -0.2) is 38.9 Å². The molecular weight excluding hydrogens is 582 g/mol. The quantitative estimate of drug-likeness (QED) is 0.294. The van der Waals surface area contributed by atoms with E-state index >= 15 is 0 Å². The minimum atomic E-state index is -0.688. The van der Waals surface area contributed by atoms with Gasteiger partial charge in [-0.2, -0.15) is 0 Å². The minimum Gasteiger partial charge on any atom is -0.464 e. The van der Waals surface area contributed by atoms with Gasteiger partial charge >= 0.3 is 5.97 Å². The molecule has 0 aliphatic carbocycles. The molecule has 1 amide bonds. The molecule has 0 spiro atoms. The van der Waals surface area contributed by atoms with Gasteiger partial charge in [0, 0.05) is 20.1 Å². The maximum atomic E-state index is 11.5. The van der Waals surface area contributed by atoms with E-state index in [-0.39, 0.29) is 23.0 Å². The number of anilines is 2. The Bertz CT molecular complexity index is 1400. The normalized spacial score (nSPS) is 10.1. The number of nitrogens with two attached hydrogens (primary N) is 3. The molecule has 2 aromatic heterocycles. The second-order valence-electron chi connectivity index (χ2n) is 6.85. The number of halogens is 2. The molecule has 35 heavy (non-hydrogen) atoms. The highest BCUT2D eigenvalue weighted by atomic mass is 79.9. The first kappa shape index (κ1) is 25.7. The first-order valence-corrected chi connectivity index (χ1v) is 11.4. The average molecular weight is 601 g/mol. The number of hydrogen-bond acceptors (Lipinski definition) is 9. The van der Waals surface area contributed by atoms with Gasteiger partial charge < -0.3 is 21.9 Å². The van der Waals surface area contributed by atoms with Crippen molar-refractivity contribution in [2.24, 2.45) is 5.73 Å². The minimum absolute atomic E-state index is 0.0116. The van der Waals surface area contributed by atoms with Gasteiger partial charge in [-0.15, -0.1) is 0 Å². The summed E-state index contributed by atoms with van der Waals surface area (Å²) in [5, 5.41) is 0. The lowest BCUT2D eigenvalue weighted by Gasteiger charge is -2.05. The summed E-state index contributed by atoms with van der Waals surface area (Å²) < 4.78 is 6.43. The molecule has 10 nitrogen and oxygen atoms in total. The lowest BCUT2D eigenvalue weighted by Crippen LogP contribution is -2.16. The average Bonchev–Trinajstić information content (AvgIpc) is 2.84. The monoisotopic (exact) mass is 599 g/mol. The van der Waals surface area contributed by atoms with Crippen LogP contribution in [0.3, 0.4) is 0 Å². The number of methoxy groups -OCH3 is 1. The Balaban J connectivity index is 0.000000196. The number of amides is 1. The fourth-order valence-electron chi connectivity index (χ4n) is 2.80. The van der Waals surface area contributed by atoms with Crippen LogP contribution in [0, 0.1) is 0 Å². The first-order valence-electron chi connectivity index (χ1n) is 9.84. The van der Waals surface area contributed by atoms with Crippen molar-refractivity contribution in [3.05, 3.63) is 81.3 Å². The van der Waals surface area contributed by atoms with Gasteiger partial charge in [0.05, 0.1) is 30.9 Å². The molecule has 12 heteroatoms. The van der Waals surface area contributed by atoms with Gasteiger partial charge in [-0.25, -0.2) is 24.7 Å². The topological polar surface area (TPSA) is 173 Å². The molecule has 0 aliphatic rings. The molecular formula is C23H19Br2N7O3. The van der Waals surface area contributed by atoms with Crippen molar-refractivity contribution < 1.29 is 14.3 Å². The SMILES string of the molecule is COC(=O)c1nc(-c2cccc(Br)c2)cnc1N.NC(=O)c1nc(-c2cccc(Br)c2)cnc1N. The molecule has 2 heterocycles. The van der Waals surface area contributed by atoms with Crippen LogP contribution in [-0.2, 0) is 4.74 Å². The van der Waals surface area contributed by atoms with Crippen LogP contribution in [0.15, 0.2) is 69.9 Å². The number of aromatic nitrogens is 4. The summed E-state index contributed by atoms with van der Waals surface area (Å²) in [5.74, 6) is -1.19. The first-order chi connectivity index (χ1) is 16.7. The van der Waals surface area contributed by atoms with E-state index in [0.717, 1.165) is 20.1 Å². The zero-order chi connectivity index (χ0) is 25.5. The molecule has 6 N–H and O–H groups in total. The molecule has 0 radical (unpaired) electrons. The smallest absolute Gasteiger partial charge is 0.360 e. The zero-order valence-electron chi connectivity index (χ0n) is 18.3.